The van der Waals surface area contributed by atoms with Crippen molar-refractivity contribution in [3.63, 3.8) is 0 Å². The monoisotopic (exact) mass is 275 g/mol. The van der Waals surface area contributed by atoms with Gasteiger partial charge >= 0.3 is 0 Å². The first-order valence-corrected chi connectivity index (χ1v) is 5.57. The topological polar surface area (TPSA) is 38.3 Å². The molecule has 0 saturated heterocycles. The van der Waals surface area contributed by atoms with Gasteiger partial charge in [-0.25, -0.2) is 4.39 Å². The first-order chi connectivity index (χ1) is 7.17. The summed E-state index contributed by atoms with van der Waals surface area (Å²) in [6, 6.07) is 4.31. The summed E-state index contributed by atoms with van der Waals surface area (Å²) in [6.07, 6.45) is 0. The summed E-state index contributed by atoms with van der Waals surface area (Å²) in [5.41, 5.74) is 0.417. The molecule has 5 heteroatoms. The van der Waals surface area contributed by atoms with E-state index in [0.29, 0.717) is 12.3 Å². The SMILES string of the molecule is CCOc1ccc(NC(=O)CBr)cc1F. The van der Waals surface area contributed by atoms with Crippen molar-refractivity contribution in [3.8, 4) is 5.75 Å². The number of ether oxygens (including phenoxy) is 1. The quantitative estimate of drug-likeness (QED) is 0.858. The van der Waals surface area contributed by atoms with E-state index < -0.39 is 5.82 Å². The molecule has 0 aliphatic heterocycles. The molecule has 82 valence electrons. The van der Waals surface area contributed by atoms with E-state index in [4.69, 9.17) is 4.74 Å². The number of carbonyl (C=O) groups excluding carboxylic acids is 1. The predicted molar refractivity (Wildman–Crippen MR) is 60.0 cm³/mol. The second kappa shape index (κ2) is 5.70. The molecule has 0 aliphatic rings. The van der Waals surface area contributed by atoms with E-state index in [0.717, 1.165) is 0 Å². The number of hydrogen-bond donors (Lipinski definition) is 1. The summed E-state index contributed by atoms with van der Waals surface area (Å²) in [4.78, 5) is 11.0. The number of hydrogen-bond acceptors (Lipinski definition) is 2. The second-order valence-corrected chi connectivity index (χ2v) is 3.32. The Morgan fingerprint density at radius 1 is 1.60 bits per heavy atom. The van der Waals surface area contributed by atoms with Gasteiger partial charge in [-0.1, -0.05) is 15.9 Å². The van der Waals surface area contributed by atoms with Crippen molar-refractivity contribution in [2.45, 2.75) is 6.92 Å². The number of anilines is 1. The van der Waals surface area contributed by atoms with Crippen molar-refractivity contribution in [1.82, 2.24) is 0 Å². The normalized spacial score (nSPS) is 9.80. The molecule has 1 N–H and O–H groups in total. The number of benzene rings is 1. The van der Waals surface area contributed by atoms with E-state index >= 15 is 0 Å². The van der Waals surface area contributed by atoms with Crippen molar-refractivity contribution in [3.05, 3.63) is 24.0 Å². The number of alkyl halides is 1. The number of rotatable bonds is 4. The van der Waals surface area contributed by atoms with E-state index in [1.165, 1.54) is 12.1 Å². The first-order valence-electron chi connectivity index (χ1n) is 4.45. The lowest BCUT2D eigenvalue weighted by atomic mass is 10.3. The average Bonchev–Trinajstić information content (AvgIpc) is 2.22. The molecule has 1 rings (SSSR count). The van der Waals surface area contributed by atoms with Gasteiger partial charge in [0.05, 0.1) is 11.9 Å². The minimum Gasteiger partial charge on any atom is -0.491 e. The van der Waals surface area contributed by atoms with Crippen molar-refractivity contribution < 1.29 is 13.9 Å². The standard InChI is InChI=1S/C10H11BrFNO2/c1-2-15-9-4-3-7(5-8(9)12)13-10(14)6-11/h3-5H,2,6H2,1H3,(H,13,14). The number of nitrogens with one attached hydrogen (secondary N) is 1. The highest BCUT2D eigenvalue weighted by Crippen LogP contribution is 2.21. The lowest BCUT2D eigenvalue weighted by Crippen LogP contribution is -2.12. The Morgan fingerprint density at radius 3 is 2.87 bits per heavy atom. The summed E-state index contributed by atoms with van der Waals surface area (Å²) < 4.78 is 18.3. The third kappa shape index (κ3) is 3.51. The van der Waals surface area contributed by atoms with Crippen LogP contribution in [0.4, 0.5) is 10.1 Å². The third-order valence-electron chi connectivity index (χ3n) is 1.64. The molecule has 0 unspecified atom stereocenters. The Morgan fingerprint density at radius 2 is 2.33 bits per heavy atom. The molecule has 0 heterocycles. The molecule has 1 amide bonds. The number of amides is 1. The van der Waals surface area contributed by atoms with Crippen LogP contribution in [0.15, 0.2) is 18.2 Å². The maximum Gasteiger partial charge on any atom is 0.235 e. The van der Waals surface area contributed by atoms with E-state index in [1.54, 1.807) is 13.0 Å². The molecule has 0 saturated carbocycles. The molecule has 0 aromatic heterocycles. The van der Waals surface area contributed by atoms with E-state index in [2.05, 4.69) is 21.2 Å². The predicted octanol–water partition coefficient (Wildman–Crippen LogP) is 2.56. The average molecular weight is 276 g/mol. The number of carbonyl (C=O) groups is 1. The molecule has 0 aliphatic carbocycles. The maximum atomic E-state index is 13.3. The summed E-state index contributed by atoms with van der Waals surface area (Å²) in [5.74, 6) is -0.517. The van der Waals surface area contributed by atoms with Gasteiger partial charge < -0.3 is 10.1 Å². The van der Waals surface area contributed by atoms with Gasteiger partial charge in [0, 0.05) is 11.8 Å². The van der Waals surface area contributed by atoms with Gasteiger partial charge in [-0.15, -0.1) is 0 Å². The Balaban J connectivity index is 2.77. The Kier molecular flexibility index (Phi) is 4.55. The van der Waals surface area contributed by atoms with Crippen LogP contribution < -0.4 is 10.1 Å². The van der Waals surface area contributed by atoms with Crippen LogP contribution in [0, 0.1) is 5.82 Å². The highest BCUT2D eigenvalue weighted by molar-refractivity contribution is 9.09. The molecule has 0 bridgehead atoms. The molecular weight excluding hydrogens is 265 g/mol. The van der Waals surface area contributed by atoms with Crippen molar-refractivity contribution in [2.75, 3.05) is 17.3 Å². The number of halogens is 2. The Labute approximate surface area is 95.7 Å². The van der Waals surface area contributed by atoms with Gasteiger partial charge in [0.15, 0.2) is 11.6 Å². The van der Waals surface area contributed by atoms with Crippen LogP contribution in [0.3, 0.4) is 0 Å². The van der Waals surface area contributed by atoms with Gasteiger partial charge in [0.2, 0.25) is 5.91 Å². The fourth-order valence-corrected chi connectivity index (χ4v) is 1.19. The molecule has 0 atom stereocenters. The molecule has 1 aromatic rings. The lowest BCUT2D eigenvalue weighted by molar-refractivity contribution is -0.113. The fraction of sp³-hybridized carbons (Fsp3) is 0.300. The summed E-state index contributed by atoms with van der Waals surface area (Å²) in [7, 11) is 0. The molecular formula is C10H11BrFNO2. The highest BCUT2D eigenvalue weighted by Gasteiger charge is 2.05. The minimum absolute atomic E-state index is 0.182. The molecule has 0 spiro atoms. The summed E-state index contributed by atoms with van der Waals surface area (Å²) >= 11 is 3.00. The van der Waals surface area contributed by atoms with Crippen LogP contribution in [-0.4, -0.2) is 17.8 Å². The highest BCUT2D eigenvalue weighted by atomic mass is 79.9. The van der Waals surface area contributed by atoms with E-state index in [9.17, 15) is 9.18 Å². The van der Waals surface area contributed by atoms with Gasteiger partial charge in [0.25, 0.3) is 0 Å². The van der Waals surface area contributed by atoms with E-state index in [-0.39, 0.29) is 17.0 Å². The zero-order valence-electron chi connectivity index (χ0n) is 8.22. The van der Waals surface area contributed by atoms with Crippen LogP contribution in [-0.2, 0) is 4.79 Å². The van der Waals surface area contributed by atoms with Crippen LogP contribution in [0.5, 0.6) is 5.75 Å². The molecule has 1 aromatic carbocycles. The molecule has 0 radical (unpaired) electrons. The van der Waals surface area contributed by atoms with Gasteiger partial charge in [-0.2, -0.15) is 0 Å². The van der Waals surface area contributed by atoms with Gasteiger partial charge in [0.1, 0.15) is 0 Å². The molecule has 3 nitrogen and oxygen atoms in total. The van der Waals surface area contributed by atoms with Crippen LogP contribution >= 0.6 is 15.9 Å². The Bertz CT molecular complexity index is 357. The maximum absolute atomic E-state index is 13.3. The van der Waals surface area contributed by atoms with E-state index in [1.807, 2.05) is 0 Å². The minimum atomic E-state index is -0.482. The summed E-state index contributed by atoms with van der Waals surface area (Å²) in [6.45, 7) is 2.18. The van der Waals surface area contributed by atoms with Gasteiger partial charge in [-0.05, 0) is 19.1 Å². The Hall–Kier alpha value is -1.10. The zero-order chi connectivity index (χ0) is 11.3. The lowest BCUT2D eigenvalue weighted by Gasteiger charge is -2.07. The first kappa shape index (κ1) is 12.0. The van der Waals surface area contributed by atoms with Crippen molar-refractivity contribution in [1.29, 1.82) is 0 Å². The third-order valence-corrected chi connectivity index (χ3v) is 2.15. The summed E-state index contributed by atoms with van der Waals surface area (Å²) in [5, 5.41) is 2.70. The second-order valence-electron chi connectivity index (χ2n) is 2.76. The molecule has 0 fully saturated rings. The van der Waals surface area contributed by atoms with Crippen molar-refractivity contribution >= 4 is 27.5 Å². The fourth-order valence-electron chi connectivity index (χ4n) is 1.05. The van der Waals surface area contributed by atoms with Crippen LogP contribution in [0.1, 0.15) is 6.92 Å². The molecule has 15 heavy (non-hydrogen) atoms. The van der Waals surface area contributed by atoms with Crippen LogP contribution in [0.2, 0.25) is 0 Å². The van der Waals surface area contributed by atoms with Crippen LogP contribution in [0.25, 0.3) is 0 Å². The smallest absolute Gasteiger partial charge is 0.235 e. The van der Waals surface area contributed by atoms with Gasteiger partial charge in [-0.3, -0.25) is 4.79 Å². The van der Waals surface area contributed by atoms with Crippen molar-refractivity contribution in [2.24, 2.45) is 0 Å². The zero-order valence-corrected chi connectivity index (χ0v) is 9.80. The largest absolute Gasteiger partial charge is 0.491 e.